The van der Waals surface area contributed by atoms with Gasteiger partial charge < -0.3 is 15.0 Å². The number of carbonyl (C=O) groups excluding carboxylic acids is 1. The van der Waals surface area contributed by atoms with Crippen molar-refractivity contribution >= 4 is 5.91 Å². The highest BCUT2D eigenvalue weighted by atomic mass is 16.5. The number of piperidine rings is 1. The second-order valence-electron chi connectivity index (χ2n) is 5.17. The maximum atomic E-state index is 12.4. The molecule has 1 heterocycles. The van der Waals surface area contributed by atoms with Crippen molar-refractivity contribution in [3.8, 4) is 5.75 Å². The Bertz CT molecular complexity index is 402. The van der Waals surface area contributed by atoms with Crippen LogP contribution < -0.4 is 10.1 Å². The minimum atomic E-state index is 0.0996. The molecular formula is C16H24N2O2. The van der Waals surface area contributed by atoms with Crippen LogP contribution in [0.4, 0.5) is 0 Å². The van der Waals surface area contributed by atoms with E-state index in [1.54, 1.807) is 0 Å². The number of nitrogens with one attached hydrogen (secondary N) is 1. The van der Waals surface area contributed by atoms with E-state index in [0.29, 0.717) is 6.04 Å². The third-order valence-corrected chi connectivity index (χ3v) is 3.64. The molecule has 20 heavy (non-hydrogen) atoms. The Morgan fingerprint density at radius 1 is 1.30 bits per heavy atom. The lowest BCUT2D eigenvalue weighted by Crippen LogP contribution is -2.48. The van der Waals surface area contributed by atoms with Gasteiger partial charge >= 0.3 is 0 Å². The zero-order chi connectivity index (χ0) is 14.2. The van der Waals surface area contributed by atoms with E-state index < -0.39 is 0 Å². The lowest BCUT2D eigenvalue weighted by Gasteiger charge is -2.34. The molecule has 1 aromatic carbocycles. The quantitative estimate of drug-likeness (QED) is 0.864. The standard InChI is InChI=1S/C16H24N2O2/c1-2-12-18(14-8-10-17-11-9-14)16(19)13-20-15-6-4-3-5-7-15/h3-7,14,17H,2,8-13H2,1H3. The Labute approximate surface area is 121 Å². The van der Waals surface area contributed by atoms with Gasteiger partial charge in [0.25, 0.3) is 5.91 Å². The molecule has 0 radical (unpaired) electrons. The molecule has 0 aromatic heterocycles. The molecule has 0 aliphatic carbocycles. The van der Waals surface area contributed by atoms with E-state index in [4.69, 9.17) is 4.74 Å². The maximum absolute atomic E-state index is 12.4. The monoisotopic (exact) mass is 276 g/mol. The summed E-state index contributed by atoms with van der Waals surface area (Å²) in [5.41, 5.74) is 0. The van der Waals surface area contributed by atoms with E-state index in [0.717, 1.165) is 44.6 Å². The fourth-order valence-corrected chi connectivity index (χ4v) is 2.61. The number of rotatable bonds is 6. The Balaban J connectivity index is 1.89. The molecule has 1 saturated heterocycles. The average Bonchev–Trinajstić information content (AvgIpc) is 2.52. The highest BCUT2D eigenvalue weighted by Crippen LogP contribution is 2.14. The topological polar surface area (TPSA) is 41.6 Å². The zero-order valence-corrected chi connectivity index (χ0v) is 12.2. The van der Waals surface area contributed by atoms with Gasteiger partial charge in [-0.25, -0.2) is 0 Å². The fraction of sp³-hybridized carbons (Fsp3) is 0.562. The summed E-state index contributed by atoms with van der Waals surface area (Å²) < 4.78 is 5.58. The summed E-state index contributed by atoms with van der Waals surface area (Å²) in [6, 6.07) is 9.88. The predicted molar refractivity (Wildman–Crippen MR) is 79.8 cm³/mol. The molecule has 1 N–H and O–H groups in total. The minimum Gasteiger partial charge on any atom is -0.484 e. The van der Waals surface area contributed by atoms with Crippen molar-refractivity contribution in [3.05, 3.63) is 30.3 Å². The number of benzene rings is 1. The van der Waals surface area contributed by atoms with E-state index in [9.17, 15) is 4.79 Å². The van der Waals surface area contributed by atoms with Crippen LogP contribution >= 0.6 is 0 Å². The van der Waals surface area contributed by atoms with Crippen LogP contribution in [0.15, 0.2) is 30.3 Å². The van der Waals surface area contributed by atoms with E-state index in [1.807, 2.05) is 35.2 Å². The van der Waals surface area contributed by atoms with Crippen LogP contribution in [0, 0.1) is 0 Å². The van der Waals surface area contributed by atoms with Gasteiger partial charge in [0, 0.05) is 12.6 Å². The summed E-state index contributed by atoms with van der Waals surface area (Å²) >= 11 is 0. The molecule has 4 heteroatoms. The number of hydrogen-bond donors (Lipinski definition) is 1. The van der Waals surface area contributed by atoms with Gasteiger partial charge in [-0.1, -0.05) is 25.1 Å². The first-order valence-corrected chi connectivity index (χ1v) is 7.49. The predicted octanol–water partition coefficient (Wildman–Crippen LogP) is 2.06. The normalized spacial score (nSPS) is 15.8. The van der Waals surface area contributed by atoms with Crippen molar-refractivity contribution in [2.75, 3.05) is 26.2 Å². The van der Waals surface area contributed by atoms with Crippen LogP contribution in [0.3, 0.4) is 0 Å². The molecule has 0 unspecified atom stereocenters. The summed E-state index contributed by atoms with van der Waals surface area (Å²) in [6.45, 7) is 5.06. The van der Waals surface area contributed by atoms with Crippen molar-refractivity contribution < 1.29 is 9.53 Å². The van der Waals surface area contributed by atoms with Crippen molar-refractivity contribution in [3.63, 3.8) is 0 Å². The first-order chi connectivity index (χ1) is 9.81. The summed E-state index contributed by atoms with van der Waals surface area (Å²) in [4.78, 5) is 14.4. The van der Waals surface area contributed by atoms with Gasteiger partial charge in [-0.3, -0.25) is 4.79 Å². The smallest absolute Gasteiger partial charge is 0.260 e. The SMILES string of the molecule is CCCN(C(=O)COc1ccccc1)C1CCNCC1. The first-order valence-electron chi connectivity index (χ1n) is 7.49. The van der Waals surface area contributed by atoms with Crippen molar-refractivity contribution in [1.82, 2.24) is 10.2 Å². The summed E-state index contributed by atoms with van der Waals surface area (Å²) in [6.07, 6.45) is 3.06. The van der Waals surface area contributed by atoms with E-state index in [2.05, 4.69) is 12.2 Å². The molecule has 0 spiro atoms. The molecule has 4 nitrogen and oxygen atoms in total. The lowest BCUT2D eigenvalue weighted by molar-refractivity contribution is -0.136. The summed E-state index contributed by atoms with van der Waals surface area (Å²) in [5.74, 6) is 0.852. The number of para-hydroxylation sites is 1. The van der Waals surface area contributed by atoms with Crippen LogP contribution in [-0.2, 0) is 4.79 Å². The molecule has 1 aliphatic rings. The molecule has 1 aliphatic heterocycles. The van der Waals surface area contributed by atoms with Crippen molar-refractivity contribution in [2.45, 2.75) is 32.2 Å². The molecule has 0 atom stereocenters. The second-order valence-corrected chi connectivity index (χ2v) is 5.17. The van der Waals surface area contributed by atoms with Crippen LogP contribution in [0.1, 0.15) is 26.2 Å². The van der Waals surface area contributed by atoms with Crippen molar-refractivity contribution in [1.29, 1.82) is 0 Å². The number of nitrogens with zero attached hydrogens (tertiary/aromatic N) is 1. The molecule has 0 saturated carbocycles. The second kappa shape index (κ2) is 7.90. The Morgan fingerprint density at radius 3 is 2.65 bits per heavy atom. The van der Waals surface area contributed by atoms with Crippen LogP contribution in [0.25, 0.3) is 0 Å². The minimum absolute atomic E-state index is 0.0996. The Kier molecular flexibility index (Phi) is 5.87. The van der Waals surface area contributed by atoms with E-state index in [1.165, 1.54) is 0 Å². The zero-order valence-electron chi connectivity index (χ0n) is 12.2. The molecular weight excluding hydrogens is 252 g/mol. The van der Waals surface area contributed by atoms with Crippen LogP contribution in [0.2, 0.25) is 0 Å². The van der Waals surface area contributed by atoms with Gasteiger partial charge in [0.2, 0.25) is 0 Å². The molecule has 2 rings (SSSR count). The van der Waals surface area contributed by atoms with E-state index in [-0.39, 0.29) is 12.5 Å². The van der Waals surface area contributed by atoms with Gasteiger partial charge in [0.15, 0.2) is 6.61 Å². The molecule has 1 aromatic rings. The number of amides is 1. The van der Waals surface area contributed by atoms with Gasteiger partial charge in [0.05, 0.1) is 0 Å². The third kappa shape index (κ3) is 4.23. The maximum Gasteiger partial charge on any atom is 0.260 e. The van der Waals surface area contributed by atoms with Gasteiger partial charge in [-0.2, -0.15) is 0 Å². The Hall–Kier alpha value is -1.55. The molecule has 110 valence electrons. The third-order valence-electron chi connectivity index (χ3n) is 3.64. The lowest BCUT2D eigenvalue weighted by atomic mass is 10.0. The van der Waals surface area contributed by atoms with Gasteiger partial charge in [-0.15, -0.1) is 0 Å². The molecule has 1 amide bonds. The van der Waals surface area contributed by atoms with Gasteiger partial charge in [-0.05, 0) is 44.5 Å². The largest absolute Gasteiger partial charge is 0.484 e. The average molecular weight is 276 g/mol. The number of carbonyl (C=O) groups is 1. The molecule has 0 bridgehead atoms. The summed E-state index contributed by atoms with van der Waals surface area (Å²) in [5, 5.41) is 3.34. The molecule has 1 fully saturated rings. The fourth-order valence-electron chi connectivity index (χ4n) is 2.61. The van der Waals surface area contributed by atoms with Crippen LogP contribution in [-0.4, -0.2) is 43.1 Å². The Morgan fingerprint density at radius 2 is 2.00 bits per heavy atom. The highest BCUT2D eigenvalue weighted by Gasteiger charge is 2.24. The van der Waals surface area contributed by atoms with Crippen LogP contribution in [0.5, 0.6) is 5.75 Å². The first kappa shape index (κ1) is 14.9. The number of ether oxygens (including phenoxy) is 1. The van der Waals surface area contributed by atoms with Crippen molar-refractivity contribution in [2.24, 2.45) is 0 Å². The highest BCUT2D eigenvalue weighted by molar-refractivity contribution is 5.78. The van der Waals surface area contributed by atoms with Gasteiger partial charge in [0.1, 0.15) is 5.75 Å². The number of hydrogen-bond acceptors (Lipinski definition) is 3. The summed E-state index contributed by atoms with van der Waals surface area (Å²) in [7, 11) is 0. The van der Waals surface area contributed by atoms with E-state index >= 15 is 0 Å².